The van der Waals surface area contributed by atoms with Crippen LogP contribution in [0.15, 0.2) is 18.3 Å². The molecule has 1 heterocycles. The Balaban J connectivity index is 2.33. The summed E-state index contributed by atoms with van der Waals surface area (Å²) in [5.74, 6) is 1.27. The van der Waals surface area contributed by atoms with Crippen LogP contribution in [-0.2, 0) is 0 Å². The van der Waals surface area contributed by atoms with Gasteiger partial charge in [0.25, 0.3) is 5.91 Å². The molecule has 5 heteroatoms. The van der Waals surface area contributed by atoms with Gasteiger partial charge in [0, 0.05) is 12.7 Å². The second kappa shape index (κ2) is 7.11. The molecule has 1 aromatic rings. The van der Waals surface area contributed by atoms with Crippen LogP contribution < -0.4 is 11.1 Å². The highest BCUT2D eigenvalue weighted by atomic mass is 32.2. The number of nitrogens with one attached hydrogen (secondary N) is 1. The van der Waals surface area contributed by atoms with E-state index >= 15 is 0 Å². The van der Waals surface area contributed by atoms with E-state index in [1.807, 2.05) is 11.8 Å². The van der Waals surface area contributed by atoms with Crippen molar-refractivity contribution in [1.29, 1.82) is 0 Å². The molecule has 0 aliphatic rings. The largest absolute Gasteiger partial charge is 0.383 e. The van der Waals surface area contributed by atoms with Crippen molar-refractivity contribution in [3.05, 3.63) is 23.9 Å². The Kier molecular flexibility index (Phi) is 5.71. The molecular weight excluding hydrogens is 222 g/mol. The van der Waals surface area contributed by atoms with Gasteiger partial charge in [0.1, 0.15) is 5.82 Å². The molecule has 0 fully saturated rings. The zero-order chi connectivity index (χ0) is 11.8. The summed E-state index contributed by atoms with van der Waals surface area (Å²) in [6.07, 6.45) is 5.76. The standard InChI is InChI=1S/C11H17N3OS/c1-16-8-3-2-6-14-11(15)9-5-4-7-13-10(9)12/h4-5,7H,2-3,6,8H2,1H3,(H2,12,13)(H,14,15). The van der Waals surface area contributed by atoms with Gasteiger partial charge < -0.3 is 11.1 Å². The number of nitrogens with two attached hydrogens (primary N) is 1. The first-order valence-corrected chi connectivity index (χ1v) is 6.62. The number of carbonyl (C=O) groups is 1. The Morgan fingerprint density at radius 2 is 2.38 bits per heavy atom. The lowest BCUT2D eigenvalue weighted by atomic mass is 10.2. The fraction of sp³-hybridized carbons (Fsp3) is 0.455. The number of aromatic nitrogens is 1. The van der Waals surface area contributed by atoms with Crippen LogP contribution in [-0.4, -0.2) is 29.4 Å². The molecule has 1 amide bonds. The summed E-state index contributed by atoms with van der Waals surface area (Å²) in [4.78, 5) is 15.5. The van der Waals surface area contributed by atoms with Gasteiger partial charge >= 0.3 is 0 Å². The SMILES string of the molecule is CSCCCCNC(=O)c1cccnc1N. The Hall–Kier alpha value is -1.23. The summed E-state index contributed by atoms with van der Waals surface area (Å²) < 4.78 is 0. The van der Waals surface area contributed by atoms with Crippen LogP contribution in [0.5, 0.6) is 0 Å². The van der Waals surface area contributed by atoms with Crippen molar-refractivity contribution in [2.24, 2.45) is 0 Å². The van der Waals surface area contributed by atoms with E-state index in [9.17, 15) is 4.79 Å². The third-order valence-corrected chi connectivity index (χ3v) is 2.84. The molecule has 0 aromatic carbocycles. The second-order valence-electron chi connectivity index (χ2n) is 3.39. The van der Waals surface area contributed by atoms with Gasteiger partial charge in [0.05, 0.1) is 5.56 Å². The Bertz CT molecular complexity index is 344. The molecule has 0 saturated heterocycles. The quantitative estimate of drug-likeness (QED) is 0.739. The monoisotopic (exact) mass is 239 g/mol. The summed E-state index contributed by atoms with van der Waals surface area (Å²) in [5.41, 5.74) is 6.05. The summed E-state index contributed by atoms with van der Waals surface area (Å²) in [7, 11) is 0. The minimum absolute atomic E-state index is 0.144. The van der Waals surface area contributed by atoms with Crippen molar-refractivity contribution >= 4 is 23.5 Å². The number of pyridine rings is 1. The third kappa shape index (κ3) is 4.10. The second-order valence-corrected chi connectivity index (χ2v) is 4.38. The predicted molar refractivity (Wildman–Crippen MR) is 68.6 cm³/mol. The lowest BCUT2D eigenvalue weighted by Crippen LogP contribution is -2.25. The summed E-state index contributed by atoms with van der Waals surface area (Å²) >= 11 is 1.82. The van der Waals surface area contributed by atoms with Crippen molar-refractivity contribution in [2.75, 3.05) is 24.3 Å². The molecule has 16 heavy (non-hydrogen) atoms. The Morgan fingerprint density at radius 1 is 1.56 bits per heavy atom. The van der Waals surface area contributed by atoms with Gasteiger partial charge in [-0.1, -0.05) is 0 Å². The van der Waals surface area contributed by atoms with Crippen LogP contribution in [0.3, 0.4) is 0 Å². The molecule has 0 saturated carbocycles. The first-order valence-electron chi connectivity index (χ1n) is 5.23. The minimum atomic E-state index is -0.144. The average molecular weight is 239 g/mol. The molecule has 0 unspecified atom stereocenters. The number of anilines is 1. The normalized spacial score (nSPS) is 10.1. The molecule has 0 aliphatic carbocycles. The summed E-state index contributed by atoms with van der Waals surface area (Å²) in [5, 5.41) is 2.83. The van der Waals surface area contributed by atoms with Gasteiger partial charge in [0.2, 0.25) is 0 Å². The van der Waals surface area contributed by atoms with Crippen molar-refractivity contribution in [3.63, 3.8) is 0 Å². The van der Waals surface area contributed by atoms with Gasteiger partial charge in [-0.05, 0) is 37.0 Å². The van der Waals surface area contributed by atoms with Gasteiger partial charge in [-0.25, -0.2) is 4.98 Å². The molecule has 0 atom stereocenters. The van der Waals surface area contributed by atoms with Crippen molar-refractivity contribution in [2.45, 2.75) is 12.8 Å². The zero-order valence-electron chi connectivity index (χ0n) is 9.40. The smallest absolute Gasteiger partial charge is 0.255 e. The number of amides is 1. The number of rotatable bonds is 6. The number of carbonyl (C=O) groups excluding carboxylic acids is 1. The maximum atomic E-state index is 11.7. The lowest BCUT2D eigenvalue weighted by molar-refractivity contribution is 0.0954. The summed E-state index contributed by atoms with van der Waals surface area (Å²) in [6, 6.07) is 3.39. The molecule has 3 N–H and O–H groups in total. The number of thioether (sulfide) groups is 1. The third-order valence-electron chi connectivity index (χ3n) is 2.14. The highest BCUT2D eigenvalue weighted by Gasteiger charge is 2.08. The average Bonchev–Trinajstić information content (AvgIpc) is 2.29. The molecule has 4 nitrogen and oxygen atoms in total. The molecular formula is C11H17N3OS. The van der Waals surface area contributed by atoms with Gasteiger partial charge in [-0.3, -0.25) is 4.79 Å². The number of nitrogen functional groups attached to an aromatic ring is 1. The van der Waals surface area contributed by atoms with Gasteiger partial charge in [-0.15, -0.1) is 0 Å². The molecule has 88 valence electrons. The fourth-order valence-corrected chi connectivity index (χ4v) is 1.77. The van der Waals surface area contributed by atoms with E-state index in [2.05, 4.69) is 16.6 Å². The highest BCUT2D eigenvalue weighted by Crippen LogP contribution is 2.06. The van der Waals surface area contributed by atoms with Gasteiger partial charge in [-0.2, -0.15) is 11.8 Å². The molecule has 1 aromatic heterocycles. The molecule has 0 radical (unpaired) electrons. The highest BCUT2D eigenvalue weighted by molar-refractivity contribution is 7.98. The number of nitrogens with zero attached hydrogens (tertiary/aromatic N) is 1. The maximum absolute atomic E-state index is 11.7. The number of hydrogen-bond donors (Lipinski definition) is 2. The Labute approximate surface area is 100 Å². The van der Waals surface area contributed by atoms with Crippen LogP contribution in [0.25, 0.3) is 0 Å². The van der Waals surface area contributed by atoms with Crippen LogP contribution in [0.4, 0.5) is 5.82 Å². The van der Waals surface area contributed by atoms with E-state index < -0.39 is 0 Å². The van der Waals surface area contributed by atoms with E-state index in [1.165, 1.54) is 0 Å². The van der Waals surface area contributed by atoms with Crippen molar-refractivity contribution < 1.29 is 4.79 Å². The first-order chi connectivity index (χ1) is 7.75. The van der Waals surface area contributed by atoms with Crippen LogP contribution in [0, 0.1) is 0 Å². The van der Waals surface area contributed by atoms with Crippen molar-refractivity contribution in [3.8, 4) is 0 Å². The fourth-order valence-electron chi connectivity index (χ4n) is 1.28. The van der Waals surface area contributed by atoms with Gasteiger partial charge in [0.15, 0.2) is 0 Å². The number of hydrogen-bond acceptors (Lipinski definition) is 4. The molecule has 1 rings (SSSR count). The summed E-state index contributed by atoms with van der Waals surface area (Å²) in [6.45, 7) is 0.688. The Morgan fingerprint density at radius 3 is 3.06 bits per heavy atom. The zero-order valence-corrected chi connectivity index (χ0v) is 10.2. The van der Waals surface area contributed by atoms with Crippen LogP contribution >= 0.6 is 11.8 Å². The predicted octanol–water partition coefficient (Wildman–Crippen LogP) is 1.54. The van der Waals surface area contributed by atoms with Crippen LogP contribution in [0.1, 0.15) is 23.2 Å². The molecule has 0 spiro atoms. The topological polar surface area (TPSA) is 68.0 Å². The van der Waals surface area contributed by atoms with E-state index in [4.69, 9.17) is 5.73 Å². The molecule has 0 aliphatic heterocycles. The van der Waals surface area contributed by atoms with Crippen LogP contribution in [0.2, 0.25) is 0 Å². The first kappa shape index (κ1) is 12.8. The van der Waals surface area contributed by atoms with E-state index in [-0.39, 0.29) is 11.7 Å². The maximum Gasteiger partial charge on any atom is 0.255 e. The van der Waals surface area contributed by atoms with E-state index in [1.54, 1.807) is 18.3 Å². The number of unbranched alkanes of at least 4 members (excludes halogenated alkanes) is 1. The van der Waals surface area contributed by atoms with Crippen molar-refractivity contribution in [1.82, 2.24) is 10.3 Å². The molecule has 0 bridgehead atoms. The van der Waals surface area contributed by atoms with E-state index in [0.717, 1.165) is 18.6 Å². The van der Waals surface area contributed by atoms with E-state index in [0.29, 0.717) is 12.1 Å². The minimum Gasteiger partial charge on any atom is -0.383 e. The lowest BCUT2D eigenvalue weighted by Gasteiger charge is -2.06.